The van der Waals surface area contributed by atoms with Gasteiger partial charge in [0.2, 0.25) is 6.10 Å². The third-order valence-corrected chi connectivity index (χ3v) is 3.57. The van der Waals surface area contributed by atoms with Crippen LogP contribution in [-0.2, 0) is 14.4 Å². The van der Waals surface area contributed by atoms with Crippen molar-refractivity contribution in [2.75, 3.05) is 26.7 Å². The van der Waals surface area contributed by atoms with E-state index in [0.717, 1.165) is 0 Å². The smallest absolute Gasteiger partial charge is 0.293 e. The van der Waals surface area contributed by atoms with Crippen molar-refractivity contribution in [3.05, 3.63) is 24.3 Å². The molecule has 0 fully saturated rings. The van der Waals surface area contributed by atoms with E-state index in [1.54, 1.807) is 25.2 Å². The van der Waals surface area contributed by atoms with Gasteiger partial charge in [-0.2, -0.15) is 0 Å². The molecule has 1 aliphatic rings. The molecule has 0 aliphatic carbocycles. The molecule has 9 nitrogen and oxygen atoms in total. The zero-order valence-electron chi connectivity index (χ0n) is 16.0. The third-order valence-electron chi connectivity index (χ3n) is 3.57. The summed E-state index contributed by atoms with van der Waals surface area (Å²) in [7, 11) is 1.72. The van der Waals surface area contributed by atoms with Crippen LogP contribution in [0.25, 0.3) is 0 Å². The van der Waals surface area contributed by atoms with Crippen molar-refractivity contribution in [3.8, 4) is 11.5 Å². The topological polar surface area (TPSA) is 110 Å². The predicted octanol–water partition coefficient (Wildman–Crippen LogP) is -1.60. The maximum Gasteiger partial charge on any atom is 0.293 e. The van der Waals surface area contributed by atoms with Gasteiger partial charge in [0.15, 0.2) is 24.6 Å². The summed E-state index contributed by atoms with van der Waals surface area (Å²) in [5.41, 5.74) is 4.33. The van der Waals surface area contributed by atoms with Gasteiger partial charge in [0, 0.05) is 5.54 Å². The van der Waals surface area contributed by atoms with Crippen LogP contribution < -0.4 is 30.5 Å². The minimum atomic E-state index is -0.858. The number of nitrogens with one attached hydrogen (secondary N) is 4. The fourth-order valence-electron chi connectivity index (χ4n) is 2.48. The number of amides is 3. The Morgan fingerprint density at radius 1 is 1.07 bits per heavy atom. The van der Waals surface area contributed by atoms with Crippen molar-refractivity contribution >= 4 is 17.7 Å². The molecular formula is C18H27N4O5+. The highest BCUT2D eigenvalue weighted by Crippen LogP contribution is 2.30. The van der Waals surface area contributed by atoms with Gasteiger partial charge in [0.1, 0.15) is 6.61 Å². The minimum Gasteiger partial charge on any atom is -0.485 e. The van der Waals surface area contributed by atoms with Crippen LogP contribution in [0.2, 0.25) is 0 Å². The van der Waals surface area contributed by atoms with Gasteiger partial charge in [-0.3, -0.25) is 25.2 Å². The lowest BCUT2D eigenvalue weighted by Gasteiger charge is -2.25. The lowest BCUT2D eigenvalue weighted by molar-refractivity contribution is -0.862. The second-order valence-electron chi connectivity index (χ2n) is 7.51. The van der Waals surface area contributed by atoms with Crippen LogP contribution in [0.15, 0.2) is 24.3 Å². The van der Waals surface area contributed by atoms with Gasteiger partial charge < -0.3 is 19.7 Å². The summed E-state index contributed by atoms with van der Waals surface area (Å²) in [6.07, 6.45) is -0.858. The summed E-state index contributed by atoms with van der Waals surface area (Å²) in [5, 5.41) is 2.83. The Morgan fingerprint density at radius 2 is 1.70 bits per heavy atom. The number of ether oxygens (including phenoxy) is 2. The molecule has 1 heterocycles. The average molecular weight is 379 g/mol. The van der Waals surface area contributed by atoms with Gasteiger partial charge in [-0.15, -0.1) is 0 Å². The number of carbonyl (C=O) groups excluding carboxylic acids is 3. The van der Waals surface area contributed by atoms with E-state index in [9.17, 15) is 14.4 Å². The largest absolute Gasteiger partial charge is 0.485 e. The highest BCUT2D eigenvalue weighted by atomic mass is 16.6. The quantitative estimate of drug-likeness (QED) is 0.461. The Hall–Kier alpha value is -2.81. The van der Waals surface area contributed by atoms with Crippen LogP contribution in [0.5, 0.6) is 11.5 Å². The first-order chi connectivity index (χ1) is 12.6. The zero-order valence-corrected chi connectivity index (χ0v) is 16.0. The number of fused-ring (bicyclic) bond motifs is 1. The number of likely N-dealkylation sites (N-methyl/N-ethyl adjacent to an activating group) is 1. The molecule has 3 amide bonds. The second kappa shape index (κ2) is 8.72. The summed E-state index contributed by atoms with van der Waals surface area (Å²) in [6, 6.07) is 7.04. The number of hydrogen-bond acceptors (Lipinski definition) is 5. The van der Waals surface area contributed by atoms with E-state index in [1.165, 1.54) is 0 Å². The number of para-hydroxylation sites is 2. The molecule has 9 heteroatoms. The third kappa shape index (κ3) is 6.78. The number of hydrogen-bond donors (Lipinski definition) is 4. The van der Waals surface area contributed by atoms with Crippen LogP contribution in [0.4, 0.5) is 0 Å². The molecule has 0 saturated carbocycles. The zero-order chi connectivity index (χ0) is 20.0. The molecule has 4 N–H and O–H groups in total. The van der Waals surface area contributed by atoms with Crippen LogP contribution in [-0.4, -0.2) is 56.1 Å². The summed E-state index contributed by atoms with van der Waals surface area (Å²) in [6.45, 7) is 5.89. The van der Waals surface area contributed by atoms with Gasteiger partial charge in [-0.1, -0.05) is 12.1 Å². The molecule has 148 valence electrons. The summed E-state index contributed by atoms with van der Waals surface area (Å²) < 4.78 is 11.0. The Kier molecular flexibility index (Phi) is 6.62. The molecule has 0 spiro atoms. The fourth-order valence-corrected chi connectivity index (χ4v) is 2.48. The van der Waals surface area contributed by atoms with Crippen LogP contribution in [0.1, 0.15) is 20.8 Å². The fraction of sp³-hybridized carbons (Fsp3) is 0.500. The van der Waals surface area contributed by atoms with Gasteiger partial charge in [0.05, 0.1) is 7.05 Å². The Balaban J connectivity index is 1.72. The van der Waals surface area contributed by atoms with E-state index in [1.807, 2.05) is 26.8 Å². The van der Waals surface area contributed by atoms with E-state index < -0.39 is 17.9 Å². The van der Waals surface area contributed by atoms with Gasteiger partial charge in [-0.25, -0.2) is 0 Å². The number of rotatable bonds is 5. The minimum absolute atomic E-state index is 0.0305. The van der Waals surface area contributed by atoms with Gasteiger partial charge >= 0.3 is 0 Å². The van der Waals surface area contributed by atoms with Crippen molar-refractivity contribution in [2.45, 2.75) is 32.4 Å². The molecule has 1 aromatic rings. The van der Waals surface area contributed by atoms with Crippen LogP contribution in [0.3, 0.4) is 0 Å². The molecular weight excluding hydrogens is 352 g/mol. The van der Waals surface area contributed by atoms with Gasteiger partial charge in [0.25, 0.3) is 17.7 Å². The first kappa shape index (κ1) is 20.5. The van der Waals surface area contributed by atoms with E-state index in [4.69, 9.17) is 9.47 Å². The standard InChI is InChI=1S/C18H26N4O5/c1-18(2,3)19-15(23)9-22(4)10-16(24)20-21-17(25)14-11-26-12-7-5-6-8-13(12)27-14/h5-8,14H,9-11H2,1-4H3,(H,19,23)(H,20,24)(H,21,25)/p+1/t14-/m0/s1. The first-order valence-electron chi connectivity index (χ1n) is 8.73. The normalized spacial score (nSPS) is 16.8. The monoisotopic (exact) mass is 379 g/mol. The van der Waals surface area contributed by atoms with E-state index in [-0.39, 0.29) is 31.1 Å². The highest BCUT2D eigenvalue weighted by Gasteiger charge is 2.27. The highest BCUT2D eigenvalue weighted by molar-refractivity contribution is 5.85. The number of benzene rings is 1. The maximum atomic E-state index is 12.1. The molecule has 1 aromatic carbocycles. The van der Waals surface area contributed by atoms with Crippen molar-refractivity contribution in [1.82, 2.24) is 16.2 Å². The lowest BCUT2D eigenvalue weighted by Crippen LogP contribution is -3.11. The molecule has 0 bridgehead atoms. The van der Waals surface area contributed by atoms with Crippen LogP contribution >= 0.6 is 0 Å². The molecule has 0 radical (unpaired) electrons. The van der Waals surface area contributed by atoms with Crippen molar-refractivity contribution in [1.29, 1.82) is 0 Å². The second-order valence-corrected chi connectivity index (χ2v) is 7.51. The molecule has 2 atom stereocenters. The number of hydrazine groups is 1. The molecule has 1 unspecified atom stereocenters. The summed E-state index contributed by atoms with van der Waals surface area (Å²) in [5.74, 6) is -0.0283. The Bertz CT molecular complexity index is 701. The number of quaternary nitrogens is 1. The van der Waals surface area contributed by atoms with E-state index in [2.05, 4.69) is 16.2 Å². The van der Waals surface area contributed by atoms with E-state index in [0.29, 0.717) is 16.4 Å². The lowest BCUT2D eigenvalue weighted by atomic mass is 10.1. The van der Waals surface area contributed by atoms with Crippen LogP contribution in [0, 0.1) is 0 Å². The molecule has 1 aliphatic heterocycles. The molecule has 0 aromatic heterocycles. The average Bonchev–Trinajstić information content (AvgIpc) is 2.57. The molecule has 0 saturated heterocycles. The Labute approximate surface area is 158 Å². The first-order valence-corrected chi connectivity index (χ1v) is 8.73. The van der Waals surface area contributed by atoms with Crippen molar-refractivity contribution in [3.63, 3.8) is 0 Å². The van der Waals surface area contributed by atoms with E-state index >= 15 is 0 Å². The summed E-state index contributed by atoms with van der Waals surface area (Å²) >= 11 is 0. The van der Waals surface area contributed by atoms with Crippen molar-refractivity contribution in [2.24, 2.45) is 0 Å². The summed E-state index contributed by atoms with van der Waals surface area (Å²) in [4.78, 5) is 36.6. The van der Waals surface area contributed by atoms with Gasteiger partial charge in [-0.05, 0) is 32.9 Å². The molecule has 27 heavy (non-hydrogen) atoms. The SMILES string of the molecule is C[NH+](CC(=O)NNC(=O)[C@@H]1COc2ccccc2O1)CC(=O)NC(C)(C)C. The number of carbonyl (C=O) groups is 3. The predicted molar refractivity (Wildman–Crippen MR) is 97.2 cm³/mol. The van der Waals surface area contributed by atoms with Crippen molar-refractivity contribution < 1.29 is 28.8 Å². The molecule has 2 rings (SSSR count). The maximum absolute atomic E-state index is 12.1. The Morgan fingerprint density at radius 3 is 2.37 bits per heavy atom.